The number of hydrogen-bond donors (Lipinski definition) is 3. The number of nitrogens with zero attached hydrogens (tertiary/aromatic N) is 1. The number of aliphatic carboxylic acids is 2. The number of nitrogens with one attached hydrogen (secondary N) is 1. The van der Waals surface area contributed by atoms with Crippen molar-refractivity contribution < 1.29 is 19.8 Å². The van der Waals surface area contributed by atoms with Gasteiger partial charge in [0.05, 0.1) is 0 Å². The fourth-order valence-corrected chi connectivity index (χ4v) is 2.75. The highest BCUT2D eigenvalue weighted by Gasteiger charge is 2.28. The summed E-state index contributed by atoms with van der Waals surface area (Å²) in [6.45, 7) is 0. The average Bonchev–Trinajstić information content (AvgIpc) is 2.85. The number of carbonyl (C=O) groups is 2. The predicted octanol–water partition coefficient (Wildman–Crippen LogP) is 2.35. The van der Waals surface area contributed by atoms with Gasteiger partial charge in [-0.1, -0.05) is 23.7 Å². The van der Waals surface area contributed by atoms with Crippen LogP contribution in [0.25, 0.3) is 5.57 Å². The van der Waals surface area contributed by atoms with Gasteiger partial charge in [0.1, 0.15) is 5.15 Å². The molecule has 0 radical (unpaired) electrons. The molecule has 23 heavy (non-hydrogen) atoms. The largest absolute Gasteiger partial charge is 0.478 e. The minimum Gasteiger partial charge on any atom is -0.478 e. The summed E-state index contributed by atoms with van der Waals surface area (Å²) in [5, 5.41) is 19.8. The fraction of sp³-hybridized carbons (Fsp3) is 0.312. The first kappa shape index (κ1) is 17.2. The first-order valence-electron chi connectivity index (χ1n) is 7.16. The monoisotopic (exact) mass is 336 g/mol. The van der Waals surface area contributed by atoms with E-state index >= 15 is 0 Å². The summed E-state index contributed by atoms with van der Waals surface area (Å²) in [6.07, 6.45) is 9.03. The molecule has 6 nitrogen and oxygen atoms in total. The van der Waals surface area contributed by atoms with E-state index in [0.29, 0.717) is 29.4 Å². The van der Waals surface area contributed by atoms with Crippen molar-refractivity contribution in [3.8, 4) is 0 Å². The van der Waals surface area contributed by atoms with Crippen LogP contribution in [-0.2, 0) is 9.59 Å². The van der Waals surface area contributed by atoms with E-state index in [4.69, 9.17) is 21.8 Å². The molecule has 2 aliphatic heterocycles. The summed E-state index contributed by atoms with van der Waals surface area (Å²) in [4.78, 5) is 23.2. The normalized spacial score (nSPS) is 22.2. The molecule has 0 aliphatic carbocycles. The van der Waals surface area contributed by atoms with Crippen LogP contribution in [0.5, 0.6) is 0 Å². The van der Waals surface area contributed by atoms with E-state index < -0.39 is 11.9 Å². The molecule has 3 rings (SSSR count). The van der Waals surface area contributed by atoms with Crippen molar-refractivity contribution in [1.82, 2.24) is 10.3 Å². The number of hydrogen-bond acceptors (Lipinski definition) is 4. The molecule has 0 spiro atoms. The third-order valence-electron chi connectivity index (χ3n) is 3.61. The van der Waals surface area contributed by atoms with Crippen LogP contribution in [0.1, 0.15) is 24.8 Å². The van der Waals surface area contributed by atoms with Crippen molar-refractivity contribution >= 4 is 29.1 Å². The van der Waals surface area contributed by atoms with Gasteiger partial charge in [0.25, 0.3) is 0 Å². The second kappa shape index (κ2) is 7.89. The van der Waals surface area contributed by atoms with Crippen LogP contribution in [0, 0.1) is 0 Å². The summed E-state index contributed by atoms with van der Waals surface area (Å²) in [5.41, 5.74) is 2.64. The lowest BCUT2D eigenvalue weighted by Crippen LogP contribution is -2.31. The highest BCUT2D eigenvalue weighted by atomic mass is 35.5. The molecule has 1 aromatic rings. The van der Waals surface area contributed by atoms with Gasteiger partial charge in [0, 0.05) is 30.4 Å². The second-order valence-electron chi connectivity index (χ2n) is 5.32. The second-order valence-corrected chi connectivity index (χ2v) is 5.71. The van der Waals surface area contributed by atoms with Gasteiger partial charge in [0.2, 0.25) is 0 Å². The van der Waals surface area contributed by atoms with Gasteiger partial charge in [0.15, 0.2) is 0 Å². The molecule has 2 atom stereocenters. The number of aromatic nitrogens is 1. The average molecular weight is 337 g/mol. The van der Waals surface area contributed by atoms with E-state index in [1.165, 1.54) is 24.0 Å². The molecule has 2 bridgehead atoms. The van der Waals surface area contributed by atoms with Gasteiger partial charge in [-0.05, 0) is 36.5 Å². The zero-order valence-electron chi connectivity index (χ0n) is 12.3. The minimum absolute atomic E-state index is 0.558. The molecule has 0 amide bonds. The molecule has 1 aromatic heterocycles. The van der Waals surface area contributed by atoms with E-state index in [1.807, 2.05) is 12.3 Å². The Hall–Kier alpha value is -2.18. The molecule has 7 heteroatoms. The zero-order chi connectivity index (χ0) is 16.8. The van der Waals surface area contributed by atoms with Gasteiger partial charge < -0.3 is 15.5 Å². The molecule has 0 saturated carbocycles. The van der Waals surface area contributed by atoms with Crippen molar-refractivity contribution in [1.29, 1.82) is 0 Å². The molecule has 3 heterocycles. The Labute approximate surface area is 138 Å². The Kier molecular flexibility index (Phi) is 5.90. The molecule has 2 aliphatic rings. The van der Waals surface area contributed by atoms with Gasteiger partial charge in [-0.3, -0.25) is 0 Å². The third kappa shape index (κ3) is 5.50. The maximum absolute atomic E-state index is 9.55. The smallest absolute Gasteiger partial charge is 0.328 e. The summed E-state index contributed by atoms with van der Waals surface area (Å²) in [7, 11) is 0. The van der Waals surface area contributed by atoms with Crippen LogP contribution >= 0.6 is 11.6 Å². The molecular formula is C16H17ClN2O4. The Morgan fingerprint density at radius 2 is 1.91 bits per heavy atom. The number of fused-ring (bicyclic) bond motifs is 2. The number of carboxylic acid groups (broad SMARTS) is 2. The molecule has 1 fully saturated rings. The van der Waals surface area contributed by atoms with Gasteiger partial charge in [-0.15, -0.1) is 0 Å². The van der Waals surface area contributed by atoms with Crippen molar-refractivity contribution in [2.45, 2.75) is 31.3 Å². The van der Waals surface area contributed by atoms with E-state index in [-0.39, 0.29) is 0 Å². The molecule has 122 valence electrons. The number of halogens is 1. The van der Waals surface area contributed by atoms with Gasteiger partial charge >= 0.3 is 11.9 Å². The SMILES string of the molecule is Clc1ccc(C2=CC3CCC(C2)N3)cn1.O=C(O)/C=C\C(=O)O. The van der Waals surface area contributed by atoms with E-state index in [0.717, 1.165) is 6.42 Å². The van der Waals surface area contributed by atoms with Crippen LogP contribution in [0.3, 0.4) is 0 Å². The predicted molar refractivity (Wildman–Crippen MR) is 86.2 cm³/mol. The Morgan fingerprint density at radius 1 is 1.22 bits per heavy atom. The maximum Gasteiger partial charge on any atom is 0.328 e. The van der Waals surface area contributed by atoms with Crippen molar-refractivity contribution in [2.75, 3.05) is 0 Å². The van der Waals surface area contributed by atoms with Gasteiger partial charge in [-0.2, -0.15) is 0 Å². The number of rotatable bonds is 3. The van der Waals surface area contributed by atoms with E-state index in [1.54, 1.807) is 0 Å². The van der Waals surface area contributed by atoms with Crippen LogP contribution in [-0.4, -0.2) is 39.2 Å². The minimum atomic E-state index is -1.26. The fourth-order valence-electron chi connectivity index (χ4n) is 2.64. The first-order valence-corrected chi connectivity index (χ1v) is 7.54. The van der Waals surface area contributed by atoms with Crippen LogP contribution in [0.2, 0.25) is 5.15 Å². The first-order chi connectivity index (χ1) is 10.9. The van der Waals surface area contributed by atoms with Crippen LogP contribution in [0.15, 0.2) is 36.6 Å². The van der Waals surface area contributed by atoms with Crippen molar-refractivity contribution in [3.63, 3.8) is 0 Å². The van der Waals surface area contributed by atoms with Crippen LogP contribution in [0.4, 0.5) is 0 Å². The molecular weight excluding hydrogens is 320 g/mol. The lowest BCUT2D eigenvalue weighted by Gasteiger charge is -2.21. The number of carboxylic acids is 2. The molecule has 0 aromatic carbocycles. The number of pyridine rings is 1. The standard InChI is InChI=1S/C12H13ClN2.C4H4O4/c13-12-4-1-8(7-14-12)9-5-10-2-3-11(6-9)15-10;5-3(6)1-2-4(7)8/h1,4-5,7,10-11,15H,2-3,6H2;1-2H,(H,5,6)(H,7,8)/b;2-1-. The summed E-state index contributed by atoms with van der Waals surface area (Å²) < 4.78 is 0. The van der Waals surface area contributed by atoms with Crippen molar-refractivity contribution in [2.24, 2.45) is 0 Å². The molecule has 3 N–H and O–H groups in total. The van der Waals surface area contributed by atoms with Crippen molar-refractivity contribution in [3.05, 3.63) is 47.3 Å². The third-order valence-corrected chi connectivity index (χ3v) is 3.83. The lowest BCUT2D eigenvalue weighted by atomic mass is 9.97. The van der Waals surface area contributed by atoms with E-state index in [9.17, 15) is 9.59 Å². The van der Waals surface area contributed by atoms with Crippen LogP contribution < -0.4 is 5.32 Å². The molecule has 1 saturated heterocycles. The maximum atomic E-state index is 9.55. The Morgan fingerprint density at radius 3 is 2.43 bits per heavy atom. The summed E-state index contributed by atoms with van der Waals surface area (Å²) >= 11 is 5.78. The topological polar surface area (TPSA) is 99.5 Å². The summed E-state index contributed by atoms with van der Waals surface area (Å²) in [6, 6.07) is 5.17. The molecule has 2 unspecified atom stereocenters. The highest BCUT2D eigenvalue weighted by Crippen LogP contribution is 2.31. The lowest BCUT2D eigenvalue weighted by molar-refractivity contribution is -0.134. The Bertz CT molecular complexity index is 624. The highest BCUT2D eigenvalue weighted by molar-refractivity contribution is 6.29. The summed E-state index contributed by atoms with van der Waals surface area (Å²) in [5.74, 6) is -2.51. The van der Waals surface area contributed by atoms with Gasteiger partial charge in [-0.25, -0.2) is 14.6 Å². The zero-order valence-corrected chi connectivity index (χ0v) is 13.0. The quantitative estimate of drug-likeness (QED) is 0.579. The Balaban J connectivity index is 0.000000207. The van der Waals surface area contributed by atoms with E-state index in [2.05, 4.69) is 22.4 Å².